The van der Waals surface area contributed by atoms with E-state index in [0.29, 0.717) is 26.1 Å². The summed E-state index contributed by atoms with van der Waals surface area (Å²) in [7, 11) is 0. The molecule has 3 amide bonds. The molecule has 2 rings (SSSR count). The molecule has 8 heteroatoms. The number of nitrogens with one attached hydrogen (secondary N) is 1. The van der Waals surface area contributed by atoms with Crippen molar-refractivity contribution in [2.75, 3.05) is 6.54 Å². The lowest BCUT2D eigenvalue weighted by Gasteiger charge is -2.27. The molecule has 0 spiro atoms. The van der Waals surface area contributed by atoms with Crippen LogP contribution in [0.25, 0.3) is 0 Å². The summed E-state index contributed by atoms with van der Waals surface area (Å²) in [6.07, 6.45) is 0.497. The highest BCUT2D eigenvalue weighted by atomic mass is 16.2. The monoisotopic (exact) mass is 304 g/mol. The number of hydrogen-bond acceptors (Lipinski definition) is 4. The highest BCUT2D eigenvalue weighted by Gasteiger charge is 2.27. The highest BCUT2D eigenvalue weighted by Crippen LogP contribution is 2.25. The first-order valence-corrected chi connectivity index (χ1v) is 7.21. The number of nitriles is 1. The first-order chi connectivity index (χ1) is 10.4. The van der Waals surface area contributed by atoms with Crippen LogP contribution in [0, 0.1) is 11.3 Å². The van der Waals surface area contributed by atoms with Crippen molar-refractivity contribution < 1.29 is 9.59 Å². The van der Waals surface area contributed by atoms with E-state index in [0.717, 1.165) is 17.0 Å². The van der Waals surface area contributed by atoms with Gasteiger partial charge in [-0.1, -0.05) is 0 Å². The van der Waals surface area contributed by atoms with Gasteiger partial charge in [0.1, 0.15) is 6.42 Å². The largest absolute Gasteiger partial charge is 0.351 e. The number of primary amides is 1. The zero-order chi connectivity index (χ0) is 16.3. The Bertz CT molecular complexity index is 628. The quantitative estimate of drug-likeness (QED) is 0.838. The number of aromatic nitrogens is 2. The van der Waals surface area contributed by atoms with E-state index in [1.54, 1.807) is 4.90 Å². The maximum atomic E-state index is 11.4. The number of fused-ring (bicyclic) bond motifs is 1. The predicted octanol–water partition coefficient (Wildman–Crippen LogP) is 0.431. The minimum atomic E-state index is -0.439. The Morgan fingerprint density at radius 1 is 1.50 bits per heavy atom. The Hall–Kier alpha value is -2.56. The summed E-state index contributed by atoms with van der Waals surface area (Å²) >= 11 is 0. The molecule has 22 heavy (non-hydrogen) atoms. The SMILES string of the molecule is CC(C)n1nc(CNC(=O)CC#N)c2c1CN(C(N)=O)CC2. The van der Waals surface area contributed by atoms with E-state index >= 15 is 0 Å². The second kappa shape index (κ2) is 6.47. The van der Waals surface area contributed by atoms with Crippen LogP contribution in [0.5, 0.6) is 0 Å². The van der Waals surface area contributed by atoms with Gasteiger partial charge in [-0.05, 0) is 20.3 Å². The number of rotatable bonds is 4. The van der Waals surface area contributed by atoms with E-state index in [1.807, 2.05) is 24.6 Å². The van der Waals surface area contributed by atoms with E-state index < -0.39 is 6.03 Å². The lowest BCUT2D eigenvalue weighted by molar-refractivity contribution is -0.120. The lowest BCUT2D eigenvalue weighted by Crippen LogP contribution is -2.40. The predicted molar refractivity (Wildman–Crippen MR) is 78.4 cm³/mol. The molecule has 2 heterocycles. The van der Waals surface area contributed by atoms with Crippen LogP contribution in [0.2, 0.25) is 0 Å². The van der Waals surface area contributed by atoms with Crippen molar-refractivity contribution in [1.82, 2.24) is 20.0 Å². The molecule has 118 valence electrons. The third-order valence-electron chi connectivity index (χ3n) is 3.67. The normalized spacial score (nSPS) is 13.6. The van der Waals surface area contributed by atoms with Crippen molar-refractivity contribution in [1.29, 1.82) is 5.26 Å². The Kier molecular flexibility index (Phi) is 4.65. The maximum absolute atomic E-state index is 11.4. The zero-order valence-corrected chi connectivity index (χ0v) is 12.8. The number of nitrogens with two attached hydrogens (primary N) is 1. The third-order valence-corrected chi connectivity index (χ3v) is 3.67. The standard InChI is InChI=1S/C14H20N6O2/c1-9(2)20-12-8-19(14(16)22)6-4-10(12)11(18-20)7-17-13(21)3-5-15/h9H,3-4,6-8H2,1-2H3,(H2,16,22)(H,17,21). The van der Waals surface area contributed by atoms with Gasteiger partial charge in [0, 0.05) is 18.2 Å². The molecule has 0 aliphatic carbocycles. The number of carbonyl (C=O) groups is 2. The topological polar surface area (TPSA) is 117 Å². The van der Waals surface area contributed by atoms with E-state index in [2.05, 4.69) is 10.4 Å². The van der Waals surface area contributed by atoms with E-state index in [9.17, 15) is 9.59 Å². The minimum Gasteiger partial charge on any atom is -0.351 e. The van der Waals surface area contributed by atoms with E-state index in [4.69, 9.17) is 11.0 Å². The van der Waals surface area contributed by atoms with Gasteiger partial charge >= 0.3 is 6.03 Å². The molecular weight excluding hydrogens is 284 g/mol. The Balaban J connectivity index is 2.23. The van der Waals surface area contributed by atoms with Gasteiger partial charge in [-0.15, -0.1) is 0 Å². The molecule has 8 nitrogen and oxygen atoms in total. The van der Waals surface area contributed by atoms with Crippen LogP contribution in [0.4, 0.5) is 4.79 Å². The van der Waals surface area contributed by atoms with Crippen LogP contribution in [-0.4, -0.2) is 33.2 Å². The highest BCUT2D eigenvalue weighted by molar-refractivity contribution is 5.78. The van der Waals surface area contributed by atoms with Crippen molar-refractivity contribution in [3.63, 3.8) is 0 Å². The van der Waals surface area contributed by atoms with Crippen molar-refractivity contribution in [2.45, 2.75) is 45.8 Å². The fraction of sp³-hybridized carbons (Fsp3) is 0.571. The molecule has 1 aliphatic rings. The van der Waals surface area contributed by atoms with Crippen LogP contribution in [0.3, 0.4) is 0 Å². The van der Waals surface area contributed by atoms with Crippen LogP contribution < -0.4 is 11.1 Å². The van der Waals surface area contributed by atoms with Gasteiger partial charge in [0.25, 0.3) is 0 Å². The minimum absolute atomic E-state index is 0.144. The first kappa shape index (κ1) is 15.8. The van der Waals surface area contributed by atoms with Gasteiger partial charge < -0.3 is 16.0 Å². The molecule has 0 unspecified atom stereocenters. The van der Waals surface area contributed by atoms with Crippen LogP contribution in [-0.2, 0) is 24.3 Å². The van der Waals surface area contributed by atoms with Crippen molar-refractivity contribution in [3.8, 4) is 6.07 Å². The summed E-state index contributed by atoms with van der Waals surface area (Å²) < 4.78 is 1.87. The number of carbonyl (C=O) groups excluding carboxylic acids is 2. The zero-order valence-electron chi connectivity index (χ0n) is 12.8. The fourth-order valence-corrected chi connectivity index (χ4v) is 2.59. The molecule has 1 aliphatic heterocycles. The second-order valence-electron chi connectivity index (χ2n) is 5.53. The molecule has 0 atom stereocenters. The summed E-state index contributed by atoms with van der Waals surface area (Å²) in [5, 5.41) is 15.8. The molecule has 0 radical (unpaired) electrons. The first-order valence-electron chi connectivity index (χ1n) is 7.21. The van der Waals surface area contributed by atoms with Crippen molar-refractivity contribution >= 4 is 11.9 Å². The summed E-state index contributed by atoms with van der Waals surface area (Å²) in [4.78, 5) is 24.4. The Morgan fingerprint density at radius 3 is 2.82 bits per heavy atom. The molecule has 1 aromatic heterocycles. The van der Waals surface area contributed by atoms with Crippen LogP contribution in [0.15, 0.2) is 0 Å². The average Bonchev–Trinajstić information content (AvgIpc) is 2.83. The molecule has 0 bridgehead atoms. The van der Waals surface area contributed by atoms with E-state index in [1.165, 1.54) is 0 Å². The summed E-state index contributed by atoms with van der Waals surface area (Å²) in [6, 6.07) is 1.52. The second-order valence-corrected chi connectivity index (χ2v) is 5.53. The van der Waals surface area contributed by atoms with Gasteiger partial charge in [-0.2, -0.15) is 10.4 Å². The van der Waals surface area contributed by atoms with Crippen LogP contribution in [0.1, 0.15) is 43.3 Å². The number of urea groups is 1. The summed E-state index contributed by atoms with van der Waals surface area (Å²) in [5.41, 5.74) is 8.17. The van der Waals surface area contributed by atoms with Gasteiger partial charge in [0.05, 0.1) is 30.5 Å². The lowest BCUT2D eigenvalue weighted by atomic mass is 10.0. The van der Waals surface area contributed by atoms with Crippen molar-refractivity contribution in [2.24, 2.45) is 5.73 Å². The summed E-state index contributed by atoms with van der Waals surface area (Å²) in [5.74, 6) is -0.315. The Morgan fingerprint density at radius 2 is 2.23 bits per heavy atom. The van der Waals surface area contributed by atoms with Gasteiger partial charge in [-0.25, -0.2) is 4.79 Å². The average molecular weight is 304 g/mol. The van der Waals surface area contributed by atoms with E-state index in [-0.39, 0.29) is 18.4 Å². The van der Waals surface area contributed by atoms with Crippen LogP contribution >= 0.6 is 0 Å². The smallest absolute Gasteiger partial charge is 0.315 e. The Labute approximate surface area is 128 Å². The molecule has 0 saturated carbocycles. The fourth-order valence-electron chi connectivity index (χ4n) is 2.59. The maximum Gasteiger partial charge on any atom is 0.315 e. The molecule has 0 fully saturated rings. The molecular formula is C14H20N6O2. The van der Waals surface area contributed by atoms with Gasteiger partial charge in [0.15, 0.2) is 0 Å². The van der Waals surface area contributed by atoms with Crippen molar-refractivity contribution in [3.05, 3.63) is 17.0 Å². The van der Waals surface area contributed by atoms with Gasteiger partial charge in [-0.3, -0.25) is 9.48 Å². The molecule has 0 aromatic carbocycles. The van der Waals surface area contributed by atoms with Gasteiger partial charge in [0.2, 0.25) is 5.91 Å². The summed E-state index contributed by atoms with van der Waals surface area (Å²) in [6.45, 7) is 5.29. The third kappa shape index (κ3) is 3.19. The molecule has 0 saturated heterocycles. The number of amides is 3. The molecule has 1 aromatic rings. The number of hydrogen-bond donors (Lipinski definition) is 2. The number of nitrogens with zero attached hydrogens (tertiary/aromatic N) is 4. The molecule has 3 N–H and O–H groups in total.